The Hall–Kier alpha value is -0.150. The summed E-state index contributed by atoms with van der Waals surface area (Å²) in [5, 5.41) is 4.63. The molecule has 1 aromatic heterocycles. The maximum absolute atomic E-state index is 5.98. The molecule has 1 aromatic rings. The molecule has 0 N–H and O–H groups in total. The van der Waals surface area contributed by atoms with Crippen LogP contribution < -0.4 is 0 Å². The van der Waals surface area contributed by atoms with Gasteiger partial charge in [0.05, 0.1) is 18.1 Å². The molecule has 4 heteroatoms. The molecule has 0 aromatic carbocycles. The summed E-state index contributed by atoms with van der Waals surface area (Å²) < 4.78 is 2.13. The van der Waals surface area contributed by atoms with Crippen LogP contribution in [0, 0.1) is 0 Å². The third-order valence-corrected chi connectivity index (χ3v) is 3.42. The van der Waals surface area contributed by atoms with Crippen molar-refractivity contribution in [3.05, 3.63) is 17.0 Å². The second-order valence-corrected chi connectivity index (χ2v) is 4.68. The molecule has 0 saturated carbocycles. The average Bonchev–Trinajstić information content (AvgIpc) is 2.62. The van der Waals surface area contributed by atoms with Crippen molar-refractivity contribution < 1.29 is 0 Å². The SMILES string of the molecule is CCc1nn(CCSC)c(CC)c1CCl. The Bertz CT molecular complexity index is 310. The smallest absolute Gasteiger partial charge is 0.0668 e. The lowest BCUT2D eigenvalue weighted by Gasteiger charge is -2.05. The minimum Gasteiger partial charge on any atom is -0.268 e. The number of hydrogen-bond acceptors (Lipinski definition) is 2. The minimum absolute atomic E-state index is 0.589. The maximum atomic E-state index is 5.98. The highest BCUT2D eigenvalue weighted by Crippen LogP contribution is 2.18. The highest BCUT2D eigenvalue weighted by atomic mass is 35.5. The number of thioether (sulfide) groups is 1. The molecule has 15 heavy (non-hydrogen) atoms. The van der Waals surface area contributed by atoms with Crippen LogP contribution in [0.4, 0.5) is 0 Å². The first kappa shape index (κ1) is 12.9. The fourth-order valence-corrected chi connectivity index (χ4v) is 2.45. The molecule has 0 aliphatic rings. The summed E-state index contributed by atoms with van der Waals surface area (Å²) in [6, 6.07) is 0. The van der Waals surface area contributed by atoms with Crippen molar-refractivity contribution in [1.82, 2.24) is 9.78 Å². The summed E-state index contributed by atoms with van der Waals surface area (Å²) in [7, 11) is 0. The molecule has 0 aliphatic carbocycles. The topological polar surface area (TPSA) is 17.8 Å². The Balaban J connectivity index is 2.98. The molecule has 1 heterocycles. The largest absolute Gasteiger partial charge is 0.268 e. The molecule has 0 unspecified atom stereocenters. The van der Waals surface area contributed by atoms with Crippen LogP contribution in [0.3, 0.4) is 0 Å². The molecule has 86 valence electrons. The minimum atomic E-state index is 0.589. The van der Waals surface area contributed by atoms with Crippen molar-refractivity contribution in [2.45, 2.75) is 39.1 Å². The van der Waals surface area contributed by atoms with E-state index in [4.69, 9.17) is 11.6 Å². The zero-order valence-electron chi connectivity index (χ0n) is 9.72. The molecular weight excluding hydrogens is 228 g/mol. The van der Waals surface area contributed by atoms with Gasteiger partial charge in [0, 0.05) is 17.0 Å². The van der Waals surface area contributed by atoms with E-state index in [9.17, 15) is 0 Å². The zero-order chi connectivity index (χ0) is 11.3. The summed E-state index contributed by atoms with van der Waals surface area (Å²) in [4.78, 5) is 0. The molecule has 0 fully saturated rings. The van der Waals surface area contributed by atoms with Crippen LogP contribution in [-0.2, 0) is 25.3 Å². The fourth-order valence-electron chi connectivity index (χ4n) is 1.79. The second-order valence-electron chi connectivity index (χ2n) is 3.43. The summed E-state index contributed by atoms with van der Waals surface area (Å²) in [6.45, 7) is 5.30. The van der Waals surface area contributed by atoms with Gasteiger partial charge in [0.2, 0.25) is 0 Å². The number of aryl methyl sites for hydroxylation is 2. The van der Waals surface area contributed by atoms with Gasteiger partial charge >= 0.3 is 0 Å². The number of alkyl halides is 1. The van der Waals surface area contributed by atoms with Gasteiger partial charge in [0.1, 0.15) is 0 Å². The van der Waals surface area contributed by atoms with Gasteiger partial charge in [-0.1, -0.05) is 13.8 Å². The van der Waals surface area contributed by atoms with Crippen LogP contribution in [-0.4, -0.2) is 21.8 Å². The van der Waals surface area contributed by atoms with Crippen molar-refractivity contribution in [3.8, 4) is 0 Å². The van der Waals surface area contributed by atoms with Crippen LogP contribution >= 0.6 is 23.4 Å². The van der Waals surface area contributed by atoms with Gasteiger partial charge in [-0.3, -0.25) is 4.68 Å². The summed E-state index contributed by atoms with van der Waals surface area (Å²) in [6.07, 6.45) is 4.11. The van der Waals surface area contributed by atoms with Crippen molar-refractivity contribution in [1.29, 1.82) is 0 Å². The van der Waals surface area contributed by atoms with E-state index in [0.717, 1.165) is 25.1 Å². The molecule has 0 saturated heterocycles. The van der Waals surface area contributed by atoms with Crippen molar-refractivity contribution in [2.75, 3.05) is 12.0 Å². The predicted octanol–water partition coefficient (Wildman–Crippen LogP) is 3.11. The van der Waals surface area contributed by atoms with Crippen LogP contribution in [0.25, 0.3) is 0 Å². The van der Waals surface area contributed by atoms with E-state index in [1.54, 1.807) is 0 Å². The number of nitrogens with zero attached hydrogens (tertiary/aromatic N) is 2. The molecule has 2 nitrogen and oxygen atoms in total. The predicted molar refractivity (Wildman–Crippen MR) is 68.9 cm³/mol. The highest BCUT2D eigenvalue weighted by molar-refractivity contribution is 7.98. The van der Waals surface area contributed by atoms with E-state index in [1.807, 2.05) is 11.8 Å². The van der Waals surface area contributed by atoms with E-state index < -0.39 is 0 Å². The normalized spacial score (nSPS) is 10.9. The van der Waals surface area contributed by atoms with Gasteiger partial charge in [-0.05, 0) is 19.1 Å². The number of hydrogen-bond donors (Lipinski definition) is 0. The number of aromatic nitrogens is 2. The summed E-state index contributed by atoms with van der Waals surface area (Å²) in [5.74, 6) is 1.70. The summed E-state index contributed by atoms with van der Waals surface area (Å²) in [5.41, 5.74) is 3.74. The van der Waals surface area contributed by atoms with Crippen LogP contribution in [0.1, 0.15) is 30.8 Å². The Labute approximate surface area is 101 Å². The van der Waals surface area contributed by atoms with Gasteiger partial charge < -0.3 is 0 Å². The van der Waals surface area contributed by atoms with Gasteiger partial charge in [-0.15, -0.1) is 11.6 Å². The first-order valence-corrected chi connectivity index (χ1v) is 7.33. The van der Waals surface area contributed by atoms with Crippen molar-refractivity contribution >= 4 is 23.4 Å². The molecule has 0 spiro atoms. The molecule has 0 radical (unpaired) electrons. The lowest BCUT2D eigenvalue weighted by Crippen LogP contribution is -2.07. The van der Waals surface area contributed by atoms with E-state index in [2.05, 4.69) is 29.9 Å². The van der Waals surface area contributed by atoms with Crippen LogP contribution in [0.2, 0.25) is 0 Å². The Morgan fingerprint density at radius 3 is 2.53 bits per heavy atom. The standard InChI is InChI=1S/C11H19ClN2S/c1-4-10-9(8-12)11(5-2)14(13-10)6-7-15-3/h4-8H2,1-3H3. The van der Waals surface area contributed by atoms with Crippen molar-refractivity contribution in [3.63, 3.8) is 0 Å². The molecule has 0 amide bonds. The lowest BCUT2D eigenvalue weighted by molar-refractivity contribution is 0.623. The molecule has 0 atom stereocenters. The van der Waals surface area contributed by atoms with Gasteiger partial charge in [0.15, 0.2) is 0 Å². The third kappa shape index (κ3) is 2.91. The monoisotopic (exact) mass is 246 g/mol. The molecule has 1 rings (SSSR count). The van der Waals surface area contributed by atoms with E-state index in [-0.39, 0.29) is 0 Å². The van der Waals surface area contributed by atoms with Crippen LogP contribution in [0.15, 0.2) is 0 Å². The second kappa shape index (κ2) is 6.44. The van der Waals surface area contributed by atoms with Gasteiger partial charge in [-0.25, -0.2) is 0 Å². The number of rotatable bonds is 6. The van der Waals surface area contributed by atoms with E-state index in [0.29, 0.717) is 5.88 Å². The fraction of sp³-hybridized carbons (Fsp3) is 0.727. The zero-order valence-corrected chi connectivity index (χ0v) is 11.3. The number of halogens is 1. The Kier molecular flexibility index (Phi) is 5.54. The van der Waals surface area contributed by atoms with Crippen LogP contribution in [0.5, 0.6) is 0 Å². The molecule has 0 bridgehead atoms. The summed E-state index contributed by atoms with van der Waals surface area (Å²) >= 11 is 7.84. The Morgan fingerprint density at radius 1 is 1.33 bits per heavy atom. The quantitative estimate of drug-likeness (QED) is 0.718. The van der Waals surface area contributed by atoms with Crippen molar-refractivity contribution in [2.24, 2.45) is 0 Å². The highest BCUT2D eigenvalue weighted by Gasteiger charge is 2.13. The third-order valence-electron chi connectivity index (χ3n) is 2.56. The lowest BCUT2D eigenvalue weighted by atomic mass is 10.1. The maximum Gasteiger partial charge on any atom is 0.0668 e. The first-order chi connectivity index (χ1) is 7.28. The van der Waals surface area contributed by atoms with E-state index in [1.165, 1.54) is 17.0 Å². The molecular formula is C11H19ClN2S. The average molecular weight is 247 g/mol. The Morgan fingerprint density at radius 2 is 2.07 bits per heavy atom. The molecule has 0 aliphatic heterocycles. The van der Waals surface area contributed by atoms with E-state index >= 15 is 0 Å². The van der Waals surface area contributed by atoms with Gasteiger partial charge in [0.25, 0.3) is 0 Å². The first-order valence-electron chi connectivity index (χ1n) is 5.40. The van der Waals surface area contributed by atoms with Gasteiger partial charge in [-0.2, -0.15) is 16.9 Å².